The minimum Gasteiger partial charge on any atom is -0.493 e. The van der Waals surface area contributed by atoms with Crippen LogP contribution in [0.1, 0.15) is 16.2 Å². The van der Waals surface area contributed by atoms with Gasteiger partial charge in [0, 0.05) is 11.5 Å². The van der Waals surface area contributed by atoms with Crippen LogP contribution < -0.4 is 4.74 Å². The van der Waals surface area contributed by atoms with Gasteiger partial charge in [-0.15, -0.1) is 0 Å². The zero-order valence-electron chi connectivity index (χ0n) is 13.2. The average Bonchev–Trinajstić information content (AvgIpc) is 3.38. The quantitative estimate of drug-likeness (QED) is 0.507. The number of rotatable bonds is 5. The summed E-state index contributed by atoms with van der Waals surface area (Å²) >= 11 is 0. The van der Waals surface area contributed by atoms with E-state index in [4.69, 9.17) is 22.8 Å². The molecule has 0 bridgehead atoms. The zero-order valence-corrected chi connectivity index (χ0v) is 13.2. The molecule has 1 aromatic carbocycles. The molecular weight excluding hydrogens is 326 g/mol. The van der Waals surface area contributed by atoms with Gasteiger partial charge in [0.2, 0.25) is 11.5 Å². The van der Waals surface area contributed by atoms with Crippen molar-refractivity contribution < 1.29 is 27.6 Å². The lowest BCUT2D eigenvalue weighted by molar-refractivity contribution is 0.0430. The molecule has 0 radical (unpaired) electrons. The number of ether oxygens (including phenoxy) is 2. The van der Waals surface area contributed by atoms with Crippen molar-refractivity contribution in [3.63, 3.8) is 0 Å². The lowest BCUT2D eigenvalue weighted by Gasteiger charge is -1.99. The standard InChI is InChI=1S/C18H13NO6/c1-21-14-5-2-4-11-8-16(24-17(11)14)18(20)23-10-12-9-15(25-19-12)13-6-3-7-22-13/h2-9H,10H2,1H3. The summed E-state index contributed by atoms with van der Waals surface area (Å²) in [5.74, 6) is 1.06. The molecule has 0 aliphatic rings. The number of fused-ring (bicyclic) bond motifs is 1. The van der Waals surface area contributed by atoms with Crippen molar-refractivity contribution >= 4 is 16.9 Å². The third-order valence-electron chi connectivity index (χ3n) is 3.60. The third-order valence-corrected chi connectivity index (χ3v) is 3.60. The lowest BCUT2D eigenvalue weighted by atomic mass is 10.2. The minimum atomic E-state index is -0.596. The number of hydrogen-bond donors (Lipinski definition) is 0. The molecule has 0 saturated carbocycles. The number of esters is 1. The second-order valence-electron chi connectivity index (χ2n) is 5.23. The fourth-order valence-corrected chi connectivity index (χ4v) is 2.42. The number of benzene rings is 1. The summed E-state index contributed by atoms with van der Waals surface area (Å²) in [5, 5.41) is 4.60. The zero-order chi connectivity index (χ0) is 17.2. The third kappa shape index (κ3) is 2.87. The molecule has 7 nitrogen and oxygen atoms in total. The van der Waals surface area contributed by atoms with Crippen LogP contribution in [-0.4, -0.2) is 18.2 Å². The molecule has 0 N–H and O–H groups in total. The van der Waals surface area contributed by atoms with Crippen LogP contribution in [0, 0.1) is 0 Å². The van der Waals surface area contributed by atoms with Crippen LogP contribution in [0.15, 0.2) is 62.1 Å². The van der Waals surface area contributed by atoms with Crippen molar-refractivity contribution in [2.45, 2.75) is 6.61 Å². The molecule has 0 aliphatic heterocycles. The molecule has 0 unspecified atom stereocenters. The maximum absolute atomic E-state index is 12.2. The van der Waals surface area contributed by atoms with Crippen LogP contribution in [0.2, 0.25) is 0 Å². The fraction of sp³-hybridized carbons (Fsp3) is 0.111. The van der Waals surface area contributed by atoms with Crippen LogP contribution in [0.25, 0.3) is 22.5 Å². The van der Waals surface area contributed by atoms with E-state index in [1.54, 1.807) is 30.3 Å². The van der Waals surface area contributed by atoms with Crippen molar-refractivity contribution in [3.8, 4) is 17.3 Å². The normalized spacial score (nSPS) is 10.9. The molecule has 0 saturated heterocycles. The van der Waals surface area contributed by atoms with E-state index in [1.807, 2.05) is 12.1 Å². The average molecular weight is 339 g/mol. The Morgan fingerprint density at radius 1 is 1.16 bits per heavy atom. The van der Waals surface area contributed by atoms with E-state index in [0.29, 0.717) is 28.5 Å². The van der Waals surface area contributed by atoms with Gasteiger partial charge in [-0.2, -0.15) is 0 Å². The number of hydrogen-bond acceptors (Lipinski definition) is 7. The second kappa shape index (κ2) is 6.20. The number of furan rings is 2. The molecule has 126 valence electrons. The Labute approximate surface area is 141 Å². The van der Waals surface area contributed by atoms with Crippen molar-refractivity contribution in [2.24, 2.45) is 0 Å². The summed E-state index contributed by atoms with van der Waals surface area (Å²) in [6, 6.07) is 12.1. The van der Waals surface area contributed by atoms with Gasteiger partial charge in [-0.3, -0.25) is 0 Å². The maximum Gasteiger partial charge on any atom is 0.374 e. The summed E-state index contributed by atoms with van der Waals surface area (Å²) in [6.07, 6.45) is 1.54. The first-order valence-electron chi connectivity index (χ1n) is 7.48. The summed E-state index contributed by atoms with van der Waals surface area (Å²) in [5.41, 5.74) is 0.965. The molecule has 3 heterocycles. The maximum atomic E-state index is 12.2. The number of methoxy groups -OCH3 is 1. The SMILES string of the molecule is COc1cccc2cc(C(=O)OCc3cc(-c4ccco4)on3)oc12. The Morgan fingerprint density at radius 2 is 2.08 bits per heavy atom. The number of para-hydroxylation sites is 1. The van der Waals surface area contributed by atoms with Crippen molar-refractivity contribution in [1.82, 2.24) is 5.16 Å². The van der Waals surface area contributed by atoms with Crippen LogP contribution in [-0.2, 0) is 11.3 Å². The van der Waals surface area contributed by atoms with Gasteiger partial charge < -0.3 is 22.8 Å². The highest BCUT2D eigenvalue weighted by Gasteiger charge is 2.17. The van der Waals surface area contributed by atoms with E-state index >= 15 is 0 Å². The number of nitrogens with zero attached hydrogens (tertiary/aromatic N) is 1. The van der Waals surface area contributed by atoms with E-state index in [-0.39, 0.29) is 12.4 Å². The minimum absolute atomic E-state index is 0.0444. The summed E-state index contributed by atoms with van der Waals surface area (Å²) in [6.45, 7) is -0.0444. The smallest absolute Gasteiger partial charge is 0.374 e. The first kappa shape index (κ1) is 15.1. The second-order valence-corrected chi connectivity index (χ2v) is 5.23. The van der Waals surface area contributed by atoms with Gasteiger partial charge in [-0.05, 0) is 24.3 Å². The molecule has 4 aromatic rings. The summed E-state index contributed by atoms with van der Waals surface area (Å²) in [4.78, 5) is 12.2. The van der Waals surface area contributed by atoms with E-state index in [0.717, 1.165) is 5.39 Å². The van der Waals surface area contributed by atoms with Crippen molar-refractivity contribution in [1.29, 1.82) is 0 Å². The van der Waals surface area contributed by atoms with Crippen molar-refractivity contribution in [3.05, 3.63) is 60.2 Å². The van der Waals surface area contributed by atoms with Gasteiger partial charge in [0.05, 0.1) is 13.4 Å². The van der Waals surface area contributed by atoms with Crippen LogP contribution in [0.5, 0.6) is 5.75 Å². The van der Waals surface area contributed by atoms with Crippen LogP contribution >= 0.6 is 0 Å². The van der Waals surface area contributed by atoms with Gasteiger partial charge in [-0.1, -0.05) is 17.3 Å². The Hall–Kier alpha value is -3.48. The van der Waals surface area contributed by atoms with E-state index < -0.39 is 5.97 Å². The Balaban J connectivity index is 1.47. The topological polar surface area (TPSA) is 87.8 Å². The van der Waals surface area contributed by atoms with Gasteiger partial charge in [0.1, 0.15) is 12.3 Å². The molecule has 0 spiro atoms. The molecule has 0 atom stereocenters. The fourth-order valence-electron chi connectivity index (χ4n) is 2.42. The molecule has 0 fully saturated rings. The first-order valence-corrected chi connectivity index (χ1v) is 7.48. The molecule has 0 aliphatic carbocycles. The van der Waals surface area contributed by atoms with Crippen molar-refractivity contribution in [2.75, 3.05) is 7.11 Å². The summed E-state index contributed by atoms with van der Waals surface area (Å²) < 4.78 is 26.3. The number of carbonyl (C=O) groups excluding carboxylic acids is 1. The van der Waals surface area contributed by atoms with Crippen LogP contribution in [0.3, 0.4) is 0 Å². The Bertz CT molecular complexity index is 1010. The predicted octanol–water partition coefficient (Wildman–Crippen LogP) is 4.05. The Kier molecular flexibility index (Phi) is 3.74. The molecular formula is C18H13NO6. The van der Waals surface area contributed by atoms with Gasteiger partial charge in [0.25, 0.3) is 0 Å². The van der Waals surface area contributed by atoms with E-state index in [1.165, 1.54) is 13.4 Å². The van der Waals surface area contributed by atoms with Crippen LogP contribution in [0.4, 0.5) is 0 Å². The highest BCUT2D eigenvalue weighted by Crippen LogP contribution is 2.29. The first-order chi connectivity index (χ1) is 12.2. The highest BCUT2D eigenvalue weighted by molar-refractivity contribution is 5.94. The lowest BCUT2D eigenvalue weighted by Crippen LogP contribution is -2.03. The summed E-state index contributed by atoms with van der Waals surface area (Å²) in [7, 11) is 1.54. The monoisotopic (exact) mass is 339 g/mol. The number of aromatic nitrogens is 1. The molecule has 0 amide bonds. The predicted molar refractivity (Wildman–Crippen MR) is 86.1 cm³/mol. The highest BCUT2D eigenvalue weighted by atomic mass is 16.5. The number of carbonyl (C=O) groups is 1. The molecule has 3 aromatic heterocycles. The van der Waals surface area contributed by atoms with E-state index in [9.17, 15) is 4.79 Å². The Morgan fingerprint density at radius 3 is 2.88 bits per heavy atom. The molecule has 4 rings (SSSR count). The van der Waals surface area contributed by atoms with E-state index in [2.05, 4.69) is 5.16 Å². The van der Waals surface area contributed by atoms with Gasteiger partial charge in [-0.25, -0.2) is 4.79 Å². The largest absolute Gasteiger partial charge is 0.493 e. The van der Waals surface area contributed by atoms with Gasteiger partial charge in [0.15, 0.2) is 17.1 Å². The van der Waals surface area contributed by atoms with Gasteiger partial charge >= 0.3 is 5.97 Å². The molecule has 25 heavy (non-hydrogen) atoms. The molecule has 7 heteroatoms.